The van der Waals surface area contributed by atoms with Crippen molar-refractivity contribution in [2.24, 2.45) is 0 Å². The van der Waals surface area contributed by atoms with Crippen molar-refractivity contribution in [3.8, 4) is 50.2 Å². The smallest absolute Gasteiger partial charge is 0.0561 e. The SMILES string of the molecule is c1ccc(-c2cccc(-n3c4ccccc4c4ccc(N(c5ccc(-c6ccccc6)cc5-c5ccccc5)c5ccc6ccccc6c5-c5ccccc5)cc43)c2)cc1. The number of anilines is 3. The van der Waals surface area contributed by atoms with Crippen LogP contribution in [0, 0.1) is 0 Å². The quantitative estimate of drug-likeness (QED) is 0.150. The van der Waals surface area contributed by atoms with Crippen LogP contribution in [0.2, 0.25) is 0 Å². The second-order valence-corrected chi connectivity index (χ2v) is 15.3. The third-order valence-corrected chi connectivity index (χ3v) is 11.8. The minimum absolute atomic E-state index is 1.07. The summed E-state index contributed by atoms with van der Waals surface area (Å²) >= 11 is 0. The standard InChI is InChI=1S/C58H40N2/c1-5-18-41(19-6-1)46-27-17-28-48(38-46)60-54-31-16-15-30-51(54)52-35-34-49(40-57(52)60)59(56-37-32-44-24-13-14-29-50(44)58(56)45-25-11-4-12-26-45)55-36-33-47(42-20-7-2-8-21-42)39-53(55)43-22-9-3-10-23-43/h1-40H. The van der Waals surface area contributed by atoms with Gasteiger partial charge in [-0.1, -0.05) is 194 Å². The summed E-state index contributed by atoms with van der Waals surface area (Å²) in [5.74, 6) is 0. The molecule has 0 saturated heterocycles. The molecule has 0 N–H and O–H groups in total. The van der Waals surface area contributed by atoms with Crippen molar-refractivity contribution in [2.75, 3.05) is 4.90 Å². The first-order valence-corrected chi connectivity index (χ1v) is 20.6. The Hall–Kier alpha value is -7.94. The van der Waals surface area contributed by atoms with Gasteiger partial charge in [0, 0.05) is 33.3 Å². The molecule has 0 spiro atoms. The number of fused-ring (bicyclic) bond motifs is 4. The van der Waals surface area contributed by atoms with Crippen molar-refractivity contribution in [1.82, 2.24) is 4.57 Å². The van der Waals surface area contributed by atoms with Crippen molar-refractivity contribution in [3.63, 3.8) is 0 Å². The summed E-state index contributed by atoms with van der Waals surface area (Å²) in [5, 5.41) is 4.85. The Morgan fingerprint density at radius 1 is 0.300 bits per heavy atom. The molecule has 10 aromatic carbocycles. The van der Waals surface area contributed by atoms with E-state index in [9.17, 15) is 0 Å². The third-order valence-electron chi connectivity index (χ3n) is 11.8. The van der Waals surface area contributed by atoms with E-state index in [-0.39, 0.29) is 0 Å². The summed E-state index contributed by atoms with van der Waals surface area (Å²) in [6, 6.07) is 88.1. The molecule has 0 bridgehead atoms. The summed E-state index contributed by atoms with van der Waals surface area (Å²) in [6.07, 6.45) is 0. The Balaban J connectivity index is 1.22. The van der Waals surface area contributed by atoms with Crippen LogP contribution in [-0.2, 0) is 0 Å². The predicted molar refractivity (Wildman–Crippen MR) is 255 cm³/mol. The normalized spacial score (nSPS) is 11.3. The second kappa shape index (κ2) is 15.1. The highest BCUT2D eigenvalue weighted by atomic mass is 15.1. The third kappa shape index (κ3) is 6.23. The summed E-state index contributed by atoms with van der Waals surface area (Å²) in [6.45, 7) is 0. The van der Waals surface area contributed by atoms with Crippen LogP contribution < -0.4 is 4.90 Å². The summed E-state index contributed by atoms with van der Waals surface area (Å²) in [7, 11) is 0. The van der Waals surface area contributed by atoms with Crippen molar-refractivity contribution < 1.29 is 0 Å². The van der Waals surface area contributed by atoms with Gasteiger partial charge in [-0.15, -0.1) is 0 Å². The minimum atomic E-state index is 1.07. The molecule has 1 aromatic heterocycles. The van der Waals surface area contributed by atoms with Crippen molar-refractivity contribution >= 4 is 49.6 Å². The largest absolute Gasteiger partial charge is 0.309 e. The molecule has 2 nitrogen and oxygen atoms in total. The van der Waals surface area contributed by atoms with E-state index in [4.69, 9.17) is 0 Å². The van der Waals surface area contributed by atoms with E-state index in [0.717, 1.165) is 39.4 Å². The van der Waals surface area contributed by atoms with Crippen LogP contribution in [0.3, 0.4) is 0 Å². The van der Waals surface area contributed by atoms with E-state index < -0.39 is 0 Å². The Bertz CT molecular complexity index is 3300. The van der Waals surface area contributed by atoms with Gasteiger partial charge in [-0.3, -0.25) is 0 Å². The Morgan fingerprint density at radius 2 is 0.850 bits per heavy atom. The molecule has 0 unspecified atom stereocenters. The molecular weight excluding hydrogens is 725 g/mol. The van der Waals surface area contributed by atoms with Gasteiger partial charge >= 0.3 is 0 Å². The highest BCUT2D eigenvalue weighted by Crippen LogP contribution is 2.49. The van der Waals surface area contributed by atoms with E-state index in [0.29, 0.717) is 0 Å². The molecular formula is C58H40N2. The Kier molecular flexibility index (Phi) is 8.87. The fourth-order valence-corrected chi connectivity index (χ4v) is 8.98. The van der Waals surface area contributed by atoms with Gasteiger partial charge in [0.2, 0.25) is 0 Å². The molecule has 0 saturated carbocycles. The lowest BCUT2D eigenvalue weighted by atomic mass is 9.93. The van der Waals surface area contributed by atoms with Crippen LogP contribution >= 0.6 is 0 Å². The van der Waals surface area contributed by atoms with E-state index in [2.05, 4.69) is 252 Å². The topological polar surface area (TPSA) is 8.17 Å². The van der Waals surface area contributed by atoms with Crippen molar-refractivity contribution in [1.29, 1.82) is 0 Å². The zero-order chi connectivity index (χ0) is 39.8. The van der Waals surface area contributed by atoms with Gasteiger partial charge in [-0.25, -0.2) is 0 Å². The average molecular weight is 765 g/mol. The van der Waals surface area contributed by atoms with Gasteiger partial charge in [0.25, 0.3) is 0 Å². The first kappa shape index (κ1) is 35.2. The zero-order valence-corrected chi connectivity index (χ0v) is 33.0. The number of hydrogen-bond donors (Lipinski definition) is 0. The average Bonchev–Trinajstić information content (AvgIpc) is 3.66. The second-order valence-electron chi connectivity index (χ2n) is 15.3. The van der Waals surface area contributed by atoms with E-state index in [1.807, 2.05) is 0 Å². The maximum absolute atomic E-state index is 2.49. The van der Waals surface area contributed by atoms with Gasteiger partial charge in [-0.05, 0) is 92.7 Å². The monoisotopic (exact) mass is 764 g/mol. The molecule has 0 aliphatic heterocycles. The molecule has 0 radical (unpaired) electrons. The van der Waals surface area contributed by atoms with Crippen LogP contribution in [0.4, 0.5) is 17.1 Å². The molecule has 0 atom stereocenters. The number of nitrogens with zero attached hydrogens (tertiary/aromatic N) is 2. The van der Waals surface area contributed by atoms with Gasteiger partial charge in [0.05, 0.1) is 22.4 Å². The highest BCUT2D eigenvalue weighted by molar-refractivity contribution is 6.12. The van der Waals surface area contributed by atoms with Gasteiger partial charge in [0.15, 0.2) is 0 Å². The highest BCUT2D eigenvalue weighted by Gasteiger charge is 2.24. The van der Waals surface area contributed by atoms with Crippen LogP contribution in [0.1, 0.15) is 0 Å². The lowest BCUT2D eigenvalue weighted by Gasteiger charge is -2.31. The van der Waals surface area contributed by atoms with Gasteiger partial charge < -0.3 is 9.47 Å². The Labute approximate surface area is 350 Å². The molecule has 282 valence electrons. The van der Waals surface area contributed by atoms with Gasteiger partial charge in [0.1, 0.15) is 0 Å². The molecule has 11 aromatic rings. The molecule has 60 heavy (non-hydrogen) atoms. The van der Waals surface area contributed by atoms with Gasteiger partial charge in [-0.2, -0.15) is 0 Å². The summed E-state index contributed by atoms with van der Waals surface area (Å²) < 4.78 is 2.44. The first-order chi connectivity index (χ1) is 29.8. The lowest BCUT2D eigenvalue weighted by molar-refractivity contribution is 1.18. The molecule has 0 aliphatic carbocycles. The first-order valence-electron chi connectivity index (χ1n) is 20.6. The number of para-hydroxylation sites is 1. The van der Waals surface area contributed by atoms with Crippen molar-refractivity contribution in [2.45, 2.75) is 0 Å². The summed E-state index contributed by atoms with van der Waals surface area (Å²) in [5.41, 5.74) is 16.1. The summed E-state index contributed by atoms with van der Waals surface area (Å²) in [4.78, 5) is 2.49. The fraction of sp³-hybridized carbons (Fsp3) is 0. The lowest BCUT2D eigenvalue weighted by Crippen LogP contribution is -2.13. The number of aromatic nitrogens is 1. The number of rotatable bonds is 8. The van der Waals surface area contributed by atoms with Crippen LogP contribution in [0.15, 0.2) is 243 Å². The molecule has 11 rings (SSSR count). The predicted octanol–water partition coefficient (Wildman–Crippen LogP) is 16.1. The van der Waals surface area contributed by atoms with E-state index in [1.54, 1.807) is 0 Å². The van der Waals surface area contributed by atoms with Crippen LogP contribution in [0.5, 0.6) is 0 Å². The molecule has 0 fully saturated rings. The zero-order valence-electron chi connectivity index (χ0n) is 33.0. The molecule has 2 heteroatoms. The molecule has 0 amide bonds. The molecule has 1 heterocycles. The van der Waals surface area contributed by atoms with E-state index >= 15 is 0 Å². The maximum Gasteiger partial charge on any atom is 0.0561 e. The maximum atomic E-state index is 2.49. The molecule has 0 aliphatic rings. The van der Waals surface area contributed by atoms with Crippen LogP contribution in [-0.4, -0.2) is 4.57 Å². The number of benzene rings is 10. The number of hydrogen-bond acceptors (Lipinski definition) is 1. The minimum Gasteiger partial charge on any atom is -0.309 e. The van der Waals surface area contributed by atoms with Crippen LogP contribution in [0.25, 0.3) is 82.8 Å². The Morgan fingerprint density at radius 3 is 1.57 bits per heavy atom. The van der Waals surface area contributed by atoms with E-state index in [1.165, 1.54) is 60.4 Å². The fourth-order valence-electron chi connectivity index (χ4n) is 8.98. The van der Waals surface area contributed by atoms with Crippen molar-refractivity contribution in [3.05, 3.63) is 243 Å².